The van der Waals surface area contributed by atoms with Gasteiger partial charge in [-0.3, -0.25) is 14.9 Å². The van der Waals surface area contributed by atoms with Gasteiger partial charge in [0.25, 0.3) is 5.69 Å². The molecule has 2 aromatic carbocycles. The third kappa shape index (κ3) is 3.46. The molecule has 4 rings (SSSR count). The molecule has 1 aliphatic heterocycles. The Bertz CT molecular complexity index is 1040. The summed E-state index contributed by atoms with van der Waals surface area (Å²) in [5.74, 6) is -0.149. The number of amides is 1. The van der Waals surface area contributed by atoms with Crippen LogP contribution in [0.3, 0.4) is 0 Å². The van der Waals surface area contributed by atoms with Gasteiger partial charge in [0.2, 0.25) is 5.91 Å². The van der Waals surface area contributed by atoms with Crippen LogP contribution in [0.5, 0.6) is 0 Å². The zero-order valence-electron chi connectivity index (χ0n) is 15.0. The monoisotopic (exact) mass is 390 g/mol. The first-order valence-corrected chi connectivity index (χ1v) is 9.86. The Balaban J connectivity index is 1.66. The van der Waals surface area contributed by atoms with Crippen molar-refractivity contribution in [1.82, 2.24) is 4.90 Å². The summed E-state index contributed by atoms with van der Waals surface area (Å²) < 4.78 is 0. The quantitative estimate of drug-likeness (QED) is 0.364. The van der Waals surface area contributed by atoms with E-state index < -0.39 is 4.92 Å². The highest BCUT2D eigenvalue weighted by atomic mass is 32.1. The predicted octanol–water partition coefficient (Wildman–Crippen LogP) is 4.84. The van der Waals surface area contributed by atoms with Gasteiger partial charge in [0.1, 0.15) is 0 Å². The highest BCUT2D eigenvalue weighted by Crippen LogP contribution is 2.37. The van der Waals surface area contributed by atoms with Gasteiger partial charge in [0.15, 0.2) is 0 Å². The van der Waals surface area contributed by atoms with Crippen LogP contribution in [0.1, 0.15) is 27.6 Å². The number of fused-ring (bicyclic) bond motifs is 1. The van der Waals surface area contributed by atoms with Crippen LogP contribution in [-0.2, 0) is 11.2 Å². The van der Waals surface area contributed by atoms with E-state index in [1.807, 2.05) is 35.2 Å². The minimum Gasteiger partial charge on any atom is -0.328 e. The second-order valence-electron chi connectivity index (χ2n) is 6.54. The van der Waals surface area contributed by atoms with Gasteiger partial charge in [-0.05, 0) is 41.1 Å². The normalized spacial score (nSPS) is 16.1. The molecule has 0 saturated heterocycles. The van der Waals surface area contributed by atoms with Crippen LogP contribution in [0.25, 0.3) is 6.08 Å². The van der Waals surface area contributed by atoms with Crippen molar-refractivity contribution in [2.45, 2.75) is 12.5 Å². The Hall–Kier alpha value is -3.25. The number of hydrogen-bond acceptors (Lipinski definition) is 4. The molecule has 6 heteroatoms. The summed E-state index contributed by atoms with van der Waals surface area (Å²) in [7, 11) is 0. The number of benzene rings is 2. The van der Waals surface area contributed by atoms with Crippen LogP contribution in [0, 0.1) is 10.1 Å². The lowest BCUT2D eigenvalue weighted by molar-refractivity contribution is -0.385. The zero-order chi connectivity index (χ0) is 19.5. The number of carbonyl (C=O) groups excluding carboxylic acids is 1. The van der Waals surface area contributed by atoms with Crippen LogP contribution < -0.4 is 0 Å². The van der Waals surface area contributed by atoms with Crippen molar-refractivity contribution in [1.29, 1.82) is 0 Å². The second kappa shape index (κ2) is 7.78. The number of nitro benzene ring substituents is 1. The molecule has 1 amide bonds. The molecule has 28 heavy (non-hydrogen) atoms. The van der Waals surface area contributed by atoms with Crippen molar-refractivity contribution in [3.05, 3.63) is 104 Å². The molecule has 1 aromatic heterocycles. The lowest BCUT2D eigenvalue weighted by atomic mass is 9.93. The van der Waals surface area contributed by atoms with Gasteiger partial charge in [-0.1, -0.05) is 42.5 Å². The summed E-state index contributed by atoms with van der Waals surface area (Å²) in [6.45, 7) is 0.618. The fourth-order valence-electron chi connectivity index (χ4n) is 3.60. The third-order valence-corrected chi connectivity index (χ3v) is 5.90. The average Bonchev–Trinajstić information content (AvgIpc) is 3.21. The van der Waals surface area contributed by atoms with Gasteiger partial charge in [0, 0.05) is 23.6 Å². The molecule has 1 aliphatic rings. The summed E-state index contributed by atoms with van der Waals surface area (Å²) in [6.07, 6.45) is 3.79. The molecular weight excluding hydrogens is 372 g/mol. The summed E-state index contributed by atoms with van der Waals surface area (Å²) in [5.41, 5.74) is 2.64. The molecule has 0 radical (unpaired) electrons. The first-order valence-electron chi connectivity index (χ1n) is 8.98. The molecule has 0 spiro atoms. The average molecular weight is 390 g/mol. The summed E-state index contributed by atoms with van der Waals surface area (Å²) in [6, 6.07) is 18.3. The first kappa shape index (κ1) is 18.1. The number of carbonyl (C=O) groups is 1. The Morgan fingerprint density at radius 1 is 1.11 bits per heavy atom. The molecule has 0 saturated carbocycles. The zero-order valence-corrected chi connectivity index (χ0v) is 15.8. The van der Waals surface area contributed by atoms with E-state index >= 15 is 0 Å². The predicted molar refractivity (Wildman–Crippen MR) is 110 cm³/mol. The molecule has 0 aliphatic carbocycles. The van der Waals surface area contributed by atoms with E-state index in [0.717, 1.165) is 17.5 Å². The van der Waals surface area contributed by atoms with Crippen molar-refractivity contribution >= 4 is 29.0 Å². The summed E-state index contributed by atoms with van der Waals surface area (Å²) in [5, 5.41) is 13.3. The van der Waals surface area contributed by atoms with Crippen molar-refractivity contribution < 1.29 is 9.72 Å². The van der Waals surface area contributed by atoms with E-state index in [1.54, 1.807) is 29.5 Å². The maximum Gasteiger partial charge on any atom is 0.276 e. The minimum absolute atomic E-state index is 0.00933. The van der Waals surface area contributed by atoms with E-state index in [0.29, 0.717) is 12.1 Å². The van der Waals surface area contributed by atoms with Gasteiger partial charge in [-0.15, -0.1) is 11.3 Å². The molecule has 1 atom stereocenters. The molecule has 0 fully saturated rings. The highest BCUT2D eigenvalue weighted by Gasteiger charge is 2.31. The number of para-hydroxylation sites is 1. The molecule has 2 heterocycles. The second-order valence-corrected chi connectivity index (χ2v) is 7.54. The molecule has 1 unspecified atom stereocenters. The van der Waals surface area contributed by atoms with Crippen LogP contribution in [0.2, 0.25) is 0 Å². The van der Waals surface area contributed by atoms with Gasteiger partial charge in [-0.25, -0.2) is 0 Å². The Morgan fingerprint density at radius 2 is 1.86 bits per heavy atom. The lowest BCUT2D eigenvalue weighted by Crippen LogP contribution is -2.39. The van der Waals surface area contributed by atoms with E-state index in [1.165, 1.54) is 23.1 Å². The van der Waals surface area contributed by atoms with Crippen LogP contribution in [-0.4, -0.2) is 22.3 Å². The number of hydrogen-bond donors (Lipinski definition) is 0. The van der Waals surface area contributed by atoms with E-state index in [9.17, 15) is 14.9 Å². The lowest BCUT2D eigenvalue weighted by Gasteiger charge is -2.35. The fourth-order valence-corrected chi connectivity index (χ4v) is 4.50. The SMILES string of the molecule is O=C(C=Cc1ccccc1[N+](=O)[O-])N1CCc2sccc2C1c1ccccc1. The van der Waals surface area contributed by atoms with Gasteiger partial charge in [0.05, 0.1) is 16.5 Å². The summed E-state index contributed by atoms with van der Waals surface area (Å²) in [4.78, 5) is 26.9. The van der Waals surface area contributed by atoms with Gasteiger partial charge in [-0.2, -0.15) is 0 Å². The molecule has 0 N–H and O–H groups in total. The fraction of sp³-hybridized carbons (Fsp3) is 0.136. The smallest absolute Gasteiger partial charge is 0.276 e. The molecule has 140 valence electrons. The van der Waals surface area contributed by atoms with Crippen LogP contribution in [0.15, 0.2) is 72.1 Å². The number of rotatable bonds is 4. The molecule has 3 aromatic rings. The Kier molecular flexibility index (Phi) is 5.04. The maximum atomic E-state index is 13.0. The van der Waals surface area contributed by atoms with E-state index in [2.05, 4.69) is 11.4 Å². The topological polar surface area (TPSA) is 63.4 Å². The standard InChI is InChI=1S/C22H18N2O3S/c25-21(11-10-16-6-4-5-9-19(16)24(26)27)23-14-12-20-18(13-15-28-20)22(23)17-7-2-1-3-8-17/h1-11,13,15,22H,12,14H2. The number of nitro groups is 1. The largest absolute Gasteiger partial charge is 0.328 e. The Labute approximate surface area is 166 Å². The van der Waals surface area contributed by atoms with Crippen molar-refractivity contribution in [3.8, 4) is 0 Å². The van der Waals surface area contributed by atoms with Crippen molar-refractivity contribution in [3.63, 3.8) is 0 Å². The molecule has 0 bridgehead atoms. The Morgan fingerprint density at radius 3 is 2.64 bits per heavy atom. The van der Waals surface area contributed by atoms with E-state index in [4.69, 9.17) is 0 Å². The van der Waals surface area contributed by atoms with Gasteiger partial charge < -0.3 is 4.90 Å². The summed E-state index contributed by atoms with van der Waals surface area (Å²) >= 11 is 1.72. The number of thiophene rings is 1. The van der Waals surface area contributed by atoms with Crippen LogP contribution in [0.4, 0.5) is 5.69 Å². The maximum absolute atomic E-state index is 13.0. The molecular formula is C22H18N2O3S. The van der Waals surface area contributed by atoms with Crippen molar-refractivity contribution in [2.75, 3.05) is 6.54 Å². The molecule has 5 nitrogen and oxygen atoms in total. The van der Waals surface area contributed by atoms with Crippen LogP contribution >= 0.6 is 11.3 Å². The van der Waals surface area contributed by atoms with Gasteiger partial charge >= 0.3 is 0 Å². The third-order valence-electron chi connectivity index (χ3n) is 4.90. The number of nitrogens with zero attached hydrogens (tertiary/aromatic N) is 2. The minimum atomic E-state index is -0.435. The highest BCUT2D eigenvalue weighted by molar-refractivity contribution is 7.10. The van der Waals surface area contributed by atoms with E-state index in [-0.39, 0.29) is 17.6 Å². The van der Waals surface area contributed by atoms with Crippen molar-refractivity contribution in [2.24, 2.45) is 0 Å². The first-order chi connectivity index (χ1) is 13.6.